The number of nitrogens with one attached hydrogen (secondary N) is 2. The highest BCUT2D eigenvalue weighted by molar-refractivity contribution is 6.04. The van der Waals surface area contributed by atoms with Crippen LogP contribution in [-0.4, -0.2) is 42.9 Å². The molecule has 1 fully saturated rings. The molecule has 0 spiro atoms. The Bertz CT molecular complexity index is 842. The number of aromatic nitrogens is 4. The van der Waals surface area contributed by atoms with Crippen LogP contribution in [0.4, 0.5) is 0 Å². The second-order valence-electron chi connectivity index (χ2n) is 6.32. The van der Waals surface area contributed by atoms with Gasteiger partial charge in [-0.05, 0) is 37.0 Å². The van der Waals surface area contributed by atoms with Gasteiger partial charge in [0.05, 0.1) is 29.6 Å². The van der Waals surface area contributed by atoms with Gasteiger partial charge in [-0.1, -0.05) is 6.07 Å². The van der Waals surface area contributed by atoms with Gasteiger partial charge in [-0.15, -0.1) is 0 Å². The van der Waals surface area contributed by atoms with Gasteiger partial charge < -0.3 is 15.4 Å². The maximum Gasteiger partial charge on any atom is 0.253 e. The van der Waals surface area contributed by atoms with E-state index in [0.29, 0.717) is 23.4 Å². The van der Waals surface area contributed by atoms with Crippen LogP contribution in [0.25, 0.3) is 11.0 Å². The van der Waals surface area contributed by atoms with Crippen molar-refractivity contribution in [2.75, 3.05) is 0 Å². The number of carbonyl (C=O) groups excluding carboxylic acids is 1. The van der Waals surface area contributed by atoms with Crippen LogP contribution in [0.5, 0.6) is 0 Å². The van der Waals surface area contributed by atoms with Gasteiger partial charge in [0.25, 0.3) is 5.91 Å². The number of aromatic amines is 1. The number of carbonyl (C=O) groups is 1. The first-order valence-electron chi connectivity index (χ1n) is 8.09. The number of hydrogen-bond donors (Lipinski definition) is 3. The van der Waals surface area contributed by atoms with Crippen LogP contribution in [0, 0.1) is 5.92 Å². The number of nitrogens with zero attached hydrogens (tertiary/aromatic N) is 3. The molecule has 0 aliphatic heterocycles. The normalized spacial score (nSPS) is 23.6. The van der Waals surface area contributed by atoms with Crippen LogP contribution >= 0.6 is 0 Å². The number of aliphatic hydroxyl groups is 1. The Labute approximate surface area is 138 Å². The lowest BCUT2D eigenvalue weighted by Crippen LogP contribution is -2.40. The van der Waals surface area contributed by atoms with Crippen LogP contribution in [0.3, 0.4) is 0 Å². The van der Waals surface area contributed by atoms with Crippen LogP contribution < -0.4 is 5.32 Å². The number of para-hydroxylation sites is 1. The molecular weight excluding hydrogens is 306 g/mol. The molecule has 1 unspecified atom stereocenters. The molecule has 24 heavy (non-hydrogen) atoms. The lowest BCUT2D eigenvalue weighted by molar-refractivity contribution is 0.0874. The summed E-state index contributed by atoms with van der Waals surface area (Å²) in [6.45, 7) is 0.755. The molecule has 1 aliphatic rings. The third-order valence-corrected chi connectivity index (χ3v) is 4.64. The van der Waals surface area contributed by atoms with E-state index in [-0.39, 0.29) is 11.9 Å². The molecule has 3 N–H and O–H groups in total. The number of imidazole rings is 1. The van der Waals surface area contributed by atoms with E-state index >= 15 is 0 Å². The SMILES string of the molecule is O=C(N[C@@H]1CC(Cn2cccn2)C[C@H]1O)c1cccc2[nH]cnc12. The molecule has 0 radical (unpaired) electrons. The number of aliphatic hydroxyl groups excluding tert-OH is 1. The van der Waals surface area contributed by atoms with Gasteiger partial charge in [0.2, 0.25) is 0 Å². The summed E-state index contributed by atoms with van der Waals surface area (Å²) in [7, 11) is 0. The summed E-state index contributed by atoms with van der Waals surface area (Å²) in [5, 5.41) is 17.5. The molecule has 0 saturated heterocycles. The zero-order valence-electron chi connectivity index (χ0n) is 13.1. The highest BCUT2D eigenvalue weighted by atomic mass is 16.3. The van der Waals surface area contributed by atoms with Crippen molar-refractivity contribution in [3.05, 3.63) is 48.5 Å². The predicted molar refractivity (Wildman–Crippen MR) is 88.3 cm³/mol. The van der Waals surface area contributed by atoms with Crippen LogP contribution in [0.2, 0.25) is 0 Å². The Kier molecular flexibility index (Phi) is 3.78. The number of fused-ring (bicyclic) bond motifs is 1. The van der Waals surface area contributed by atoms with Gasteiger partial charge >= 0.3 is 0 Å². The lowest BCUT2D eigenvalue weighted by Gasteiger charge is -2.16. The Morgan fingerprint density at radius 3 is 3.12 bits per heavy atom. The lowest BCUT2D eigenvalue weighted by atomic mass is 10.1. The van der Waals surface area contributed by atoms with E-state index in [2.05, 4.69) is 20.4 Å². The zero-order chi connectivity index (χ0) is 16.5. The van der Waals surface area contributed by atoms with E-state index in [1.54, 1.807) is 18.6 Å². The second kappa shape index (κ2) is 6.09. The van der Waals surface area contributed by atoms with Gasteiger partial charge in [-0.25, -0.2) is 4.98 Å². The molecule has 2 heterocycles. The fraction of sp³-hybridized carbons (Fsp3) is 0.353. The smallest absolute Gasteiger partial charge is 0.253 e. The molecule has 1 aliphatic carbocycles. The summed E-state index contributed by atoms with van der Waals surface area (Å²) in [5.74, 6) is 0.0999. The topological polar surface area (TPSA) is 95.8 Å². The van der Waals surface area contributed by atoms with E-state index in [1.165, 1.54) is 0 Å². The summed E-state index contributed by atoms with van der Waals surface area (Å²) in [4.78, 5) is 19.8. The molecule has 1 aromatic carbocycles. The van der Waals surface area contributed by atoms with Crippen LogP contribution in [-0.2, 0) is 6.54 Å². The van der Waals surface area contributed by atoms with Gasteiger partial charge in [0, 0.05) is 18.9 Å². The minimum Gasteiger partial charge on any atom is -0.391 e. The molecule has 7 heteroatoms. The van der Waals surface area contributed by atoms with Gasteiger partial charge in [-0.3, -0.25) is 9.48 Å². The number of amides is 1. The van der Waals surface area contributed by atoms with Crippen molar-refractivity contribution in [1.82, 2.24) is 25.1 Å². The largest absolute Gasteiger partial charge is 0.391 e. The molecule has 7 nitrogen and oxygen atoms in total. The molecule has 0 bridgehead atoms. The average Bonchev–Trinajstić information content (AvgIpc) is 3.29. The summed E-state index contributed by atoms with van der Waals surface area (Å²) in [6, 6.07) is 7.09. The van der Waals surface area contributed by atoms with E-state index < -0.39 is 6.10 Å². The third-order valence-electron chi connectivity index (χ3n) is 4.64. The molecule has 124 valence electrons. The van der Waals surface area contributed by atoms with Crippen LogP contribution in [0.1, 0.15) is 23.2 Å². The minimum absolute atomic E-state index is 0.198. The molecular formula is C17H19N5O2. The van der Waals surface area contributed by atoms with E-state index in [9.17, 15) is 9.90 Å². The Balaban J connectivity index is 1.45. The number of hydrogen-bond acceptors (Lipinski definition) is 4. The van der Waals surface area contributed by atoms with Crippen molar-refractivity contribution in [1.29, 1.82) is 0 Å². The van der Waals surface area contributed by atoms with E-state index in [1.807, 2.05) is 29.1 Å². The van der Waals surface area contributed by atoms with Gasteiger partial charge in [0.15, 0.2) is 0 Å². The molecule has 1 saturated carbocycles. The monoisotopic (exact) mass is 325 g/mol. The van der Waals surface area contributed by atoms with Crippen molar-refractivity contribution in [3.63, 3.8) is 0 Å². The summed E-state index contributed by atoms with van der Waals surface area (Å²) >= 11 is 0. The Morgan fingerprint density at radius 2 is 2.29 bits per heavy atom. The minimum atomic E-state index is -0.534. The first-order chi connectivity index (χ1) is 11.7. The molecule has 1 amide bonds. The molecule has 2 aromatic heterocycles. The second-order valence-corrected chi connectivity index (χ2v) is 6.32. The highest BCUT2D eigenvalue weighted by Crippen LogP contribution is 2.28. The quantitative estimate of drug-likeness (QED) is 0.674. The Morgan fingerprint density at radius 1 is 1.38 bits per heavy atom. The first kappa shape index (κ1) is 14.9. The van der Waals surface area contributed by atoms with Crippen molar-refractivity contribution in [2.24, 2.45) is 5.92 Å². The van der Waals surface area contributed by atoms with Crippen molar-refractivity contribution in [3.8, 4) is 0 Å². The summed E-state index contributed by atoms with van der Waals surface area (Å²) < 4.78 is 1.87. The molecule has 3 aromatic rings. The fourth-order valence-electron chi connectivity index (χ4n) is 3.49. The predicted octanol–water partition coefficient (Wildman–Crippen LogP) is 1.33. The number of H-pyrrole nitrogens is 1. The fourth-order valence-corrected chi connectivity index (χ4v) is 3.49. The van der Waals surface area contributed by atoms with Crippen molar-refractivity contribution < 1.29 is 9.90 Å². The zero-order valence-corrected chi connectivity index (χ0v) is 13.1. The maximum atomic E-state index is 12.6. The van der Waals surface area contributed by atoms with Gasteiger partial charge in [0.1, 0.15) is 5.52 Å². The van der Waals surface area contributed by atoms with Crippen molar-refractivity contribution in [2.45, 2.75) is 31.5 Å². The number of rotatable bonds is 4. The number of benzene rings is 1. The van der Waals surface area contributed by atoms with E-state index in [0.717, 1.165) is 18.5 Å². The Hall–Kier alpha value is -2.67. The standard InChI is InChI=1S/C17H19N5O2/c23-15-8-11(9-22-6-2-5-20-22)7-14(15)21-17(24)12-3-1-4-13-16(12)19-10-18-13/h1-6,10-11,14-15,23H,7-9H2,(H,18,19)(H,21,24)/t11?,14-,15-/m1/s1. The third kappa shape index (κ3) is 2.78. The van der Waals surface area contributed by atoms with E-state index in [4.69, 9.17) is 0 Å². The molecule has 4 rings (SSSR count). The molecule has 3 atom stereocenters. The van der Waals surface area contributed by atoms with Gasteiger partial charge in [-0.2, -0.15) is 5.10 Å². The average molecular weight is 325 g/mol. The highest BCUT2D eigenvalue weighted by Gasteiger charge is 2.34. The maximum absolute atomic E-state index is 12.6. The summed E-state index contributed by atoms with van der Waals surface area (Å²) in [5.41, 5.74) is 2.00. The first-order valence-corrected chi connectivity index (χ1v) is 8.09. The van der Waals surface area contributed by atoms with Crippen molar-refractivity contribution >= 4 is 16.9 Å². The van der Waals surface area contributed by atoms with Crippen LogP contribution in [0.15, 0.2) is 43.0 Å². The summed E-state index contributed by atoms with van der Waals surface area (Å²) in [6.07, 6.45) is 6.10.